The minimum absolute atomic E-state index is 0.0773. The molecule has 2 aromatic carbocycles. The summed E-state index contributed by atoms with van der Waals surface area (Å²) in [6.07, 6.45) is 0.830. The number of rotatable bonds is 4. The van der Waals surface area contributed by atoms with Gasteiger partial charge in [-0.25, -0.2) is 0 Å². The van der Waals surface area contributed by atoms with E-state index in [1.807, 2.05) is 36.4 Å². The van der Waals surface area contributed by atoms with Crippen molar-refractivity contribution >= 4 is 16.7 Å². The number of carbonyl (C=O) groups is 1. The molecule has 0 aliphatic heterocycles. The van der Waals surface area contributed by atoms with E-state index >= 15 is 0 Å². The van der Waals surface area contributed by atoms with Crippen LogP contribution in [0.5, 0.6) is 5.75 Å². The van der Waals surface area contributed by atoms with Gasteiger partial charge in [0.15, 0.2) is 0 Å². The van der Waals surface area contributed by atoms with Gasteiger partial charge in [0, 0.05) is 0 Å². The molecule has 0 saturated carbocycles. The summed E-state index contributed by atoms with van der Waals surface area (Å²) in [6, 6.07) is 13.9. The van der Waals surface area contributed by atoms with Gasteiger partial charge in [-0.3, -0.25) is 4.79 Å². The Hall–Kier alpha value is -1.83. The molecule has 0 aromatic heterocycles. The molecule has 1 atom stereocenters. The van der Waals surface area contributed by atoms with Gasteiger partial charge in [0.05, 0.1) is 5.92 Å². The first-order chi connectivity index (χ1) is 10.3. The van der Waals surface area contributed by atoms with Crippen LogP contribution >= 0.6 is 0 Å². The summed E-state index contributed by atoms with van der Waals surface area (Å²) in [5, 5.41) is 2.24. The van der Waals surface area contributed by atoms with Crippen LogP contribution in [0.3, 0.4) is 0 Å². The van der Waals surface area contributed by atoms with Crippen LogP contribution in [0.4, 0.5) is 0 Å². The lowest BCUT2D eigenvalue weighted by molar-refractivity contribution is -0.141. The zero-order chi connectivity index (χ0) is 16.3. The average molecular weight is 298 g/mol. The van der Waals surface area contributed by atoms with E-state index in [1.54, 1.807) is 0 Å². The van der Waals surface area contributed by atoms with E-state index in [0.717, 1.165) is 17.2 Å². The standard InChI is InChI=1S/C20H26O2/c1-14(2)18(13-20(3,4)5)19(21)22-17-11-10-15-8-6-7-9-16(15)12-17/h6-12,14,18H,13H2,1-5H3. The summed E-state index contributed by atoms with van der Waals surface area (Å²) < 4.78 is 5.65. The molecule has 22 heavy (non-hydrogen) atoms. The normalized spacial score (nSPS) is 13.4. The topological polar surface area (TPSA) is 26.3 Å². The quantitative estimate of drug-likeness (QED) is 0.554. The van der Waals surface area contributed by atoms with Gasteiger partial charge < -0.3 is 4.74 Å². The molecular formula is C20H26O2. The molecule has 2 heteroatoms. The Kier molecular flexibility index (Phi) is 4.90. The molecule has 118 valence electrons. The average Bonchev–Trinajstić information content (AvgIpc) is 2.43. The number of hydrogen-bond acceptors (Lipinski definition) is 2. The summed E-state index contributed by atoms with van der Waals surface area (Å²) in [5.74, 6) is 0.696. The van der Waals surface area contributed by atoms with Crippen molar-refractivity contribution in [3.8, 4) is 5.75 Å². The lowest BCUT2D eigenvalue weighted by Crippen LogP contribution is -2.29. The minimum Gasteiger partial charge on any atom is -0.426 e. The number of carbonyl (C=O) groups excluding carboxylic acids is 1. The molecular weight excluding hydrogens is 272 g/mol. The van der Waals surface area contributed by atoms with Gasteiger partial charge in [0.2, 0.25) is 0 Å². The Balaban J connectivity index is 2.17. The number of ether oxygens (including phenoxy) is 1. The van der Waals surface area contributed by atoms with E-state index in [0.29, 0.717) is 5.75 Å². The molecule has 2 nitrogen and oxygen atoms in total. The summed E-state index contributed by atoms with van der Waals surface area (Å²) in [4.78, 5) is 12.5. The van der Waals surface area contributed by atoms with Gasteiger partial charge in [-0.05, 0) is 40.7 Å². The van der Waals surface area contributed by atoms with Gasteiger partial charge in [0.1, 0.15) is 5.75 Å². The van der Waals surface area contributed by atoms with Crippen LogP contribution in [0.15, 0.2) is 42.5 Å². The summed E-state index contributed by atoms with van der Waals surface area (Å²) in [6.45, 7) is 10.6. The largest absolute Gasteiger partial charge is 0.426 e. The first kappa shape index (κ1) is 16.5. The number of hydrogen-bond donors (Lipinski definition) is 0. The second-order valence-corrected chi connectivity index (χ2v) is 7.55. The highest BCUT2D eigenvalue weighted by molar-refractivity contribution is 5.85. The predicted octanol–water partition coefficient (Wildman–Crippen LogP) is 5.45. The third-order valence-corrected chi connectivity index (χ3v) is 3.88. The smallest absolute Gasteiger partial charge is 0.314 e. The van der Waals surface area contributed by atoms with Crippen LogP contribution in [-0.4, -0.2) is 5.97 Å². The second-order valence-electron chi connectivity index (χ2n) is 7.55. The van der Waals surface area contributed by atoms with Gasteiger partial charge in [-0.2, -0.15) is 0 Å². The van der Waals surface area contributed by atoms with Crippen molar-refractivity contribution in [2.75, 3.05) is 0 Å². The van der Waals surface area contributed by atoms with E-state index < -0.39 is 0 Å². The van der Waals surface area contributed by atoms with Crippen molar-refractivity contribution in [1.82, 2.24) is 0 Å². The van der Waals surface area contributed by atoms with Crippen LogP contribution in [0, 0.1) is 17.3 Å². The Morgan fingerprint density at radius 1 is 1.05 bits per heavy atom. The lowest BCUT2D eigenvalue weighted by Gasteiger charge is -2.27. The Morgan fingerprint density at radius 3 is 2.27 bits per heavy atom. The Labute approximate surface area is 133 Å². The molecule has 2 rings (SSSR count). The fraction of sp³-hybridized carbons (Fsp3) is 0.450. The maximum absolute atomic E-state index is 12.5. The van der Waals surface area contributed by atoms with Crippen LogP contribution in [0.25, 0.3) is 10.8 Å². The van der Waals surface area contributed by atoms with E-state index in [2.05, 4.69) is 40.7 Å². The van der Waals surface area contributed by atoms with Gasteiger partial charge in [0.25, 0.3) is 0 Å². The van der Waals surface area contributed by atoms with Crippen molar-refractivity contribution in [3.05, 3.63) is 42.5 Å². The third kappa shape index (κ3) is 4.33. The second kappa shape index (κ2) is 6.51. The highest BCUT2D eigenvalue weighted by Gasteiger charge is 2.29. The number of esters is 1. The van der Waals surface area contributed by atoms with Gasteiger partial charge >= 0.3 is 5.97 Å². The predicted molar refractivity (Wildman–Crippen MR) is 92.0 cm³/mol. The van der Waals surface area contributed by atoms with Gasteiger partial charge in [-0.15, -0.1) is 0 Å². The maximum atomic E-state index is 12.5. The molecule has 0 N–H and O–H groups in total. The highest BCUT2D eigenvalue weighted by atomic mass is 16.5. The van der Waals surface area contributed by atoms with Crippen molar-refractivity contribution in [2.24, 2.45) is 17.3 Å². The molecule has 0 fully saturated rings. The SMILES string of the molecule is CC(C)C(CC(C)(C)C)C(=O)Oc1ccc2ccccc2c1. The Morgan fingerprint density at radius 2 is 1.68 bits per heavy atom. The van der Waals surface area contributed by atoms with Crippen molar-refractivity contribution < 1.29 is 9.53 Å². The van der Waals surface area contributed by atoms with E-state index in [4.69, 9.17) is 4.74 Å². The van der Waals surface area contributed by atoms with Crippen molar-refractivity contribution in [2.45, 2.75) is 41.0 Å². The molecule has 0 heterocycles. The third-order valence-electron chi connectivity index (χ3n) is 3.88. The van der Waals surface area contributed by atoms with Crippen LogP contribution in [-0.2, 0) is 4.79 Å². The lowest BCUT2D eigenvalue weighted by atomic mass is 9.80. The first-order valence-electron chi connectivity index (χ1n) is 7.97. The summed E-state index contributed by atoms with van der Waals surface area (Å²) in [7, 11) is 0. The van der Waals surface area contributed by atoms with Crippen LogP contribution in [0.2, 0.25) is 0 Å². The number of fused-ring (bicyclic) bond motifs is 1. The molecule has 0 radical (unpaired) electrons. The van der Waals surface area contributed by atoms with Crippen molar-refractivity contribution in [3.63, 3.8) is 0 Å². The molecule has 0 spiro atoms. The highest BCUT2D eigenvalue weighted by Crippen LogP contribution is 2.30. The number of benzene rings is 2. The molecule has 0 aliphatic carbocycles. The molecule has 1 unspecified atom stereocenters. The maximum Gasteiger partial charge on any atom is 0.314 e. The molecule has 0 aliphatic rings. The molecule has 2 aromatic rings. The van der Waals surface area contributed by atoms with Crippen molar-refractivity contribution in [1.29, 1.82) is 0 Å². The van der Waals surface area contributed by atoms with Gasteiger partial charge in [-0.1, -0.05) is 65.0 Å². The van der Waals surface area contributed by atoms with Crippen LogP contribution in [0.1, 0.15) is 41.0 Å². The summed E-state index contributed by atoms with van der Waals surface area (Å²) in [5.41, 5.74) is 0.108. The monoisotopic (exact) mass is 298 g/mol. The fourth-order valence-electron chi connectivity index (χ4n) is 2.67. The zero-order valence-corrected chi connectivity index (χ0v) is 14.2. The first-order valence-corrected chi connectivity index (χ1v) is 7.97. The summed E-state index contributed by atoms with van der Waals surface area (Å²) >= 11 is 0. The van der Waals surface area contributed by atoms with Crippen LogP contribution < -0.4 is 4.74 Å². The van der Waals surface area contributed by atoms with E-state index in [9.17, 15) is 4.79 Å². The van der Waals surface area contributed by atoms with E-state index in [1.165, 1.54) is 0 Å². The van der Waals surface area contributed by atoms with E-state index in [-0.39, 0.29) is 23.2 Å². The molecule has 0 amide bonds. The molecule has 0 saturated heterocycles. The minimum atomic E-state index is -0.125. The zero-order valence-electron chi connectivity index (χ0n) is 14.2. The Bertz CT molecular complexity index is 650. The fourth-order valence-corrected chi connectivity index (χ4v) is 2.67. The molecule has 0 bridgehead atoms.